The van der Waals surface area contributed by atoms with Gasteiger partial charge in [-0.3, -0.25) is 4.98 Å². The van der Waals surface area contributed by atoms with Crippen molar-refractivity contribution < 1.29 is 61.3 Å². The van der Waals surface area contributed by atoms with Crippen LogP contribution in [0.4, 0.5) is 0 Å². The van der Waals surface area contributed by atoms with Crippen molar-refractivity contribution in [2.75, 3.05) is 0 Å². The van der Waals surface area contributed by atoms with Gasteiger partial charge in [-0.1, -0.05) is 24.0 Å². The monoisotopic (exact) mass is 261 g/mol. The quantitative estimate of drug-likeness (QED) is 0.434. The molecular weight excluding hydrogens is 253 g/mol. The molecule has 0 amide bonds. The van der Waals surface area contributed by atoms with Crippen LogP contribution in [0.1, 0.15) is 21.5 Å². The van der Waals surface area contributed by atoms with Crippen LogP contribution in [0.2, 0.25) is 0 Å². The summed E-state index contributed by atoms with van der Waals surface area (Å²) < 4.78 is 0. The first-order chi connectivity index (χ1) is 8.25. The minimum Gasteiger partial charge on any atom is -0.545 e. The Morgan fingerprint density at radius 3 is 2.50 bits per heavy atom. The van der Waals surface area contributed by atoms with Gasteiger partial charge in [-0.25, -0.2) is 0 Å². The zero-order valence-electron chi connectivity index (χ0n) is 9.88. The Morgan fingerprint density at radius 2 is 1.83 bits per heavy atom. The van der Waals surface area contributed by atoms with E-state index in [0.29, 0.717) is 5.56 Å². The summed E-state index contributed by atoms with van der Waals surface area (Å²) in [6, 6.07) is 9.97. The van der Waals surface area contributed by atoms with Gasteiger partial charge in [-0.05, 0) is 29.8 Å². The molecule has 0 unspecified atom stereocenters. The van der Waals surface area contributed by atoms with Crippen LogP contribution in [0.15, 0.2) is 48.8 Å². The van der Waals surface area contributed by atoms with Gasteiger partial charge in [0, 0.05) is 23.5 Å². The fraction of sp³-hybridized carbons (Fsp3) is 0. The number of carbonyl (C=O) groups is 1. The number of benzene rings is 1. The summed E-state index contributed by atoms with van der Waals surface area (Å²) in [6.07, 6.45) is 3.32. The Bertz CT molecular complexity index is 600. The van der Waals surface area contributed by atoms with Crippen LogP contribution < -0.4 is 56.5 Å². The maximum absolute atomic E-state index is 10.7. The minimum absolute atomic E-state index is 0. The standard InChI is InChI=1S/C14H9NO2.K/c16-14(17)13-5-1-3-11(9-13)6-7-12-4-2-8-15-10-12;/h1-5,8-10H,(H,16,17);/q;+1/p-1. The van der Waals surface area contributed by atoms with E-state index in [9.17, 15) is 9.90 Å². The summed E-state index contributed by atoms with van der Waals surface area (Å²) in [4.78, 5) is 14.6. The number of aromatic nitrogens is 1. The van der Waals surface area contributed by atoms with Crippen LogP contribution in [0.25, 0.3) is 0 Å². The largest absolute Gasteiger partial charge is 1.00 e. The second kappa shape index (κ2) is 7.47. The van der Waals surface area contributed by atoms with Gasteiger partial charge in [0.15, 0.2) is 0 Å². The zero-order chi connectivity index (χ0) is 12.1. The van der Waals surface area contributed by atoms with Crippen molar-refractivity contribution in [3.05, 3.63) is 65.5 Å². The van der Waals surface area contributed by atoms with Crippen molar-refractivity contribution in [3.8, 4) is 11.8 Å². The van der Waals surface area contributed by atoms with Gasteiger partial charge in [0.2, 0.25) is 0 Å². The zero-order valence-corrected chi connectivity index (χ0v) is 13.0. The molecule has 0 atom stereocenters. The molecular formula is C14H8KNO2. The fourth-order valence-corrected chi connectivity index (χ4v) is 1.30. The molecule has 2 aromatic rings. The predicted octanol–water partition coefficient (Wildman–Crippen LogP) is -2.15. The van der Waals surface area contributed by atoms with E-state index in [1.807, 2.05) is 6.07 Å². The van der Waals surface area contributed by atoms with Crippen molar-refractivity contribution in [1.82, 2.24) is 4.98 Å². The second-order valence-corrected chi connectivity index (χ2v) is 3.36. The van der Waals surface area contributed by atoms with E-state index < -0.39 is 5.97 Å². The van der Waals surface area contributed by atoms with E-state index in [-0.39, 0.29) is 56.9 Å². The Morgan fingerprint density at radius 1 is 1.11 bits per heavy atom. The van der Waals surface area contributed by atoms with Gasteiger partial charge < -0.3 is 9.90 Å². The second-order valence-electron chi connectivity index (χ2n) is 3.36. The first kappa shape index (κ1) is 15.1. The number of hydrogen-bond donors (Lipinski definition) is 0. The molecule has 0 aliphatic heterocycles. The van der Waals surface area contributed by atoms with Gasteiger partial charge in [0.25, 0.3) is 0 Å². The third-order valence-corrected chi connectivity index (χ3v) is 2.11. The Balaban J connectivity index is 0.00000162. The molecule has 1 aromatic heterocycles. The Labute approximate surface area is 148 Å². The summed E-state index contributed by atoms with van der Waals surface area (Å²) in [6.45, 7) is 0. The first-order valence-electron chi connectivity index (χ1n) is 4.99. The van der Waals surface area contributed by atoms with E-state index in [0.717, 1.165) is 5.56 Å². The molecule has 1 aromatic carbocycles. The molecule has 0 bridgehead atoms. The Kier molecular flexibility index (Phi) is 6.26. The van der Waals surface area contributed by atoms with E-state index in [4.69, 9.17) is 0 Å². The van der Waals surface area contributed by atoms with Crippen LogP contribution >= 0.6 is 0 Å². The van der Waals surface area contributed by atoms with Crippen molar-refractivity contribution in [1.29, 1.82) is 0 Å². The average Bonchev–Trinajstić information content (AvgIpc) is 2.38. The predicted molar refractivity (Wildman–Crippen MR) is 61.0 cm³/mol. The minimum atomic E-state index is -1.20. The molecule has 4 heteroatoms. The molecule has 0 N–H and O–H groups in total. The van der Waals surface area contributed by atoms with E-state index >= 15 is 0 Å². The molecule has 82 valence electrons. The van der Waals surface area contributed by atoms with Gasteiger partial charge in [0.05, 0.1) is 5.97 Å². The van der Waals surface area contributed by atoms with Gasteiger partial charge in [-0.15, -0.1) is 0 Å². The van der Waals surface area contributed by atoms with Crippen LogP contribution in [0, 0.1) is 11.8 Å². The van der Waals surface area contributed by atoms with E-state index in [1.54, 1.807) is 30.6 Å². The molecule has 0 aliphatic carbocycles. The van der Waals surface area contributed by atoms with Crippen LogP contribution in [-0.4, -0.2) is 11.0 Å². The summed E-state index contributed by atoms with van der Waals surface area (Å²) in [5, 5.41) is 10.7. The molecule has 3 nitrogen and oxygen atoms in total. The number of carbonyl (C=O) groups excluding carboxylic acids is 1. The van der Waals surface area contributed by atoms with E-state index in [2.05, 4.69) is 16.8 Å². The molecule has 0 saturated carbocycles. The van der Waals surface area contributed by atoms with Gasteiger partial charge >= 0.3 is 51.4 Å². The summed E-state index contributed by atoms with van der Waals surface area (Å²) in [7, 11) is 0. The number of hydrogen-bond acceptors (Lipinski definition) is 3. The van der Waals surface area contributed by atoms with Crippen LogP contribution in [0.3, 0.4) is 0 Å². The molecule has 0 aliphatic rings. The van der Waals surface area contributed by atoms with Gasteiger partial charge in [0.1, 0.15) is 0 Å². The average molecular weight is 261 g/mol. The topological polar surface area (TPSA) is 53.0 Å². The molecule has 0 fully saturated rings. The third kappa shape index (κ3) is 4.37. The summed E-state index contributed by atoms with van der Waals surface area (Å²) >= 11 is 0. The normalized spacial score (nSPS) is 8.67. The fourth-order valence-electron chi connectivity index (χ4n) is 1.30. The van der Waals surface area contributed by atoms with Crippen molar-refractivity contribution in [3.63, 3.8) is 0 Å². The number of nitrogens with zero attached hydrogens (tertiary/aromatic N) is 1. The number of aromatic carboxylic acids is 1. The SMILES string of the molecule is O=C([O-])c1cccc(C#Cc2cccnc2)c1.[K+]. The van der Waals surface area contributed by atoms with Crippen LogP contribution in [0.5, 0.6) is 0 Å². The first-order valence-corrected chi connectivity index (χ1v) is 4.99. The maximum atomic E-state index is 10.7. The molecule has 0 spiro atoms. The smallest absolute Gasteiger partial charge is 0.545 e. The van der Waals surface area contributed by atoms with Crippen molar-refractivity contribution in [2.45, 2.75) is 0 Å². The molecule has 1 heterocycles. The van der Waals surface area contributed by atoms with Gasteiger partial charge in [-0.2, -0.15) is 0 Å². The molecule has 2 rings (SSSR count). The summed E-state index contributed by atoms with van der Waals surface area (Å²) in [5.41, 5.74) is 1.55. The summed E-state index contributed by atoms with van der Waals surface area (Å²) in [5.74, 6) is 4.58. The number of rotatable bonds is 1. The number of pyridine rings is 1. The molecule has 18 heavy (non-hydrogen) atoms. The number of carboxylic acid groups (broad SMARTS) is 1. The van der Waals surface area contributed by atoms with E-state index in [1.165, 1.54) is 12.1 Å². The maximum Gasteiger partial charge on any atom is 1.00 e. The molecule has 0 radical (unpaired) electrons. The molecule has 0 saturated heterocycles. The number of carboxylic acids is 1. The van der Waals surface area contributed by atoms with Crippen molar-refractivity contribution >= 4 is 5.97 Å². The Hall–Kier alpha value is -0.964. The third-order valence-electron chi connectivity index (χ3n) is 2.11. The van der Waals surface area contributed by atoms with Crippen molar-refractivity contribution in [2.24, 2.45) is 0 Å². The van der Waals surface area contributed by atoms with Crippen LogP contribution in [-0.2, 0) is 0 Å².